The quantitative estimate of drug-likeness (QED) is 0.884. The molecule has 0 aromatic carbocycles. The highest BCUT2D eigenvalue weighted by molar-refractivity contribution is 5.50. The van der Waals surface area contributed by atoms with E-state index in [9.17, 15) is 0 Å². The second kappa shape index (κ2) is 5.57. The third-order valence-corrected chi connectivity index (χ3v) is 3.89. The Morgan fingerprint density at radius 2 is 2.28 bits per heavy atom. The number of anilines is 2. The lowest BCUT2D eigenvalue weighted by Crippen LogP contribution is -2.39. The SMILES string of the molecule is CCN1CCCC1CN(C)c1ccc(N)c(C)n1. The number of hydrogen-bond donors (Lipinski definition) is 1. The van der Waals surface area contributed by atoms with E-state index in [0.29, 0.717) is 6.04 Å². The number of pyridine rings is 1. The summed E-state index contributed by atoms with van der Waals surface area (Å²) in [5.74, 6) is 1.02. The zero-order valence-electron chi connectivity index (χ0n) is 11.7. The van der Waals surface area contributed by atoms with Gasteiger partial charge in [-0.05, 0) is 45.0 Å². The molecule has 18 heavy (non-hydrogen) atoms. The minimum Gasteiger partial charge on any atom is -0.397 e. The van der Waals surface area contributed by atoms with E-state index < -0.39 is 0 Å². The highest BCUT2D eigenvalue weighted by Crippen LogP contribution is 2.20. The molecule has 2 rings (SSSR count). The monoisotopic (exact) mass is 248 g/mol. The summed E-state index contributed by atoms with van der Waals surface area (Å²) in [7, 11) is 2.12. The Bertz CT molecular complexity index is 405. The molecular formula is C14H24N4. The number of nitrogens with two attached hydrogens (primary N) is 1. The van der Waals surface area contributed by atoms with E-state index in [1.54, 1.807) is 0 Å². The molecule has 4 nitrogen and oxygen atoms in total. The van der Waals surface area contributed by atoms with Crippen molar-refractivity contribution in [3.05, 3.63) is 17.8 Å². The van der Waals surface area contributed by atoms with Crippen LogP contribution in [-0.4, -0.2) is 42.6 Å². The van der Waals surface area contributed by atoms with Crippen LogP contribution in [0.3, 0.4) is 0 Å². The summed E-state index contributed by atoms with van der Waals surface area (Å²) in [4.78, 5) is 9.35. The Kier molecular flexibility index (Phi) is 4.07. The number of likely N-dealkylation sites (N-methyl/N-ethyl adjacent to an activating group) is 2. The van der Waals surface area contributed by atoms with Crippen LogP contribution in [0.1, 0.15) is 25.5 Å². The zero-order chi connectivity index (χ0) is 13.1. The van der Waals surface area contributed by atoms with Gasteiger partial charge in [0.15, 0.2) is 0 Å². The van der Waals surface area contributed by atoms with Crippen LogP contribution in [-0.2, 0) is 0 Å². The molecule has 1 fully saturated rings. The van der Waals surface area contributed by atoms with Crippen LogP contribution in [0.5, 0.6) is 0 Å². The molecule has 4 heteroatoms. The molecule has 1 unspecified atom stereocenters. The van der Waals surface area contributed by atoms with E-state index in [1.165, 1.54) is 19.4 Å². The Labute approximate surface area is 110 Å². The summed E-state index contributed by atoms with van der Waals surface area (Å²) >= 11 is 0. The summed E-state index contributed by atoms with van der Waals surface area (Å²) in [6.07, 6.45) is 2.62. The lowest BCUT2D eigenvalue weighted by Gasteiger charge is -2.28. The number of rotatable bonds is 4. The maximum absolute atomic E-state index is 5.81. The number of nitrogen functional groups attached to an aromatic ring is 1. The number of nitrogens with zero attached hydrogens (tertiary/aromatic N) is 3. The van der Waals surface area contributed by atoms with Gasteiger partial charge in [-0.15, -0.1) is 0 Å². The van der Waals surface area contributed by atoms with E-state index in [2.05, 4.69) is 28.8 Å². The van der Waals surface area contributed by atoms with E-state index in [-0.39, 0.29) is 0 Å². The van der Waals surface area contributed by atoms with Gasteiger partial charge in [-0.2, -0.15) is 0 Å². The van der Waals surface area contributed by atoms with Crippen LogP contribution in [0.4, 0.5) is 11.5 Å². The molecule has 1 aromatic heterocycles. The summed E-state index contributed by atoms with van der Waals surface area (Å²) in [5.41, 5.74) is 7.49. The van der Waals surface area contributed by atoms with Crippen molar-refractivity contribution in [2.24, 2.45) is 0 Å². The van der Waals surface area contributed by atoms with Crippen molar-refractivity contribution in [1.82, 2.24) is 9.88 Å². The number of aryl methyl sites for hydroxylation is 1. The molecule has 100 valence electrons. The van der Waals surface area contributed by atoms with Gasteiger partial charge >= 0.3 is 0 Å². The van der Waals surface area contributed by atoms with Gasteiger partial charge in [0.1, 0.15) is 5.82 Å². The van der Waals surface area contributed by atoms with Crippen LogP contribution in [0.25, 0.3) is 0 Å². The third-order valence-electron chi connectivity index (χ3n) is 3.89. The molecule has 2 heterocycles. The van der Waals surface area contributed by atoms with E-state index >= 15 is 0 Å². The molecule has 1 aliphatic rings. The second-order valence-corrected chi connectivity index (χ2v) is 5.15. The molecule has 0 saturated carbocycles. The van der Waals surface area contributed by atoms with Crippen LogP contribution in [0, 0.1) is 6.92 Å². The van der Waals surface area contributed by atoms with Gasteiger partial charge < -0.3 is 10.6 Å². The molecular weight excluding hydrogens is 224 g/mol. The van der Waals surface area contributed by atoms with Gasteiger partial charge in [-0.25, -0.2) is 4.98 Å². The van der Waals surface area contributed by atoms with E-state index in [4.69, 9.17) is 5.73 Å². The fourth-order valence-electron chi connectivity index (χ4n) is 2.70. The Hall–Kier alpha value is -1.29. The number of likely N-dealkylation sites (tertiary alicyclic amines) is 1. The van der Waals surface area contributed by atoms with Crippen molar-refractivity contribution in [1.29, 1.82) is 0 Å². The van der Waals surface area contributed by atoms with Gasteiger partial charge in [0.2, 0.25) is 0 Å². The van der Waals surface area contributed by atoms with Crippen LogP contribution >= 0.6 is 0 Å². The lowest BCUT2D eigenvalue weighted by atomic mass is 10.2. The van der Waals surface area contributed by atoms with Gasteiger partial charge in [0.05, 0.1) is 11.4 Å². The standard InChI is InChI=1S/C14H24N4/c1-4-18-9-5-6-12(18)10-17(3)14-8-7-13(15)11(2)16-14/h7-8,12H,4-6,9-10,15H2,1-3H3. The molecule has 0 bridgehead atoms. The third kappa shape index (κ3) is 2.75. The van der Waals surface area contributed by atoms with Crippen molar-refractivity contribution >= 4 is 11.5 Å². The molecule has 0 aliphatic carbocycles. The van der Waals surface area contributed by atoms with E-state index in [0.717, 1.165) is 30.3 Å². The normalized spacial score (nSPS) is 20.3. The van der Waals surface area contributed by atoms with Crippen molar-refractivity contribution in [3.63, 3.8) is 0 Å². The van der Waals surface area contributed by atoms with Crippen LogP contribution in [0.15, 0.2) is 12.1 Å². The topological polar surface area (TPSA) is 45.4 Å². The predicted octanol–water partition coefficient (Wildman–Crippen LogP) is 1.89. The lowest BCUT2D eigenvalue weighted by molar-refractivity contribution is 0.270. The summed E-state index contributed by atoms with van der Waals surface area (Å²) in [6, 6.07) is 4.62. The number of aromatic nitrogens is 1. The van der Waals surface area contributed by atoms with Crippen molar-refractivity contribution in [2.45, 2.75) is 32.7 Å². The largest absolute Gasteiger partial charge is 0.397 e. The van der Waals surface area contributed by atoms with Crippen molar-refractivity contribution in [3.8, 4) is 0 Å². The molecule has 1 aromatic rings. The van der Waals surface area contributed by atoms with Gasteiger partial charge in [-0.1, -0.05) is 6.92 Å². The molecule has 0 amide bonds. The Morgan fingerprint density at radius 1 is 1.50 bits per heavy atom. The van der Waals surface area contributed by atoms with Crippen LogP contribution < -0.4 is 10.6 Å². The van der Waals surface area contributed by atoms with Gasteiger partial charge in [0.25, 0.3) is 0 Å². The maximum atomic E-state index is 5.81. The molecule has 1 atom stereocenters. The maximum Gasteiger partial charge on any atom is 0.128 e. The van der Waals surface area contributed by atoms with Gasteiger partial charge in [-0.3, -0.25) is 4.90 Å². The summed E-state index contributed by atoms with van der Waals surface area (Å²) in [5, 5.41) is 0. The first-order valence-corrected chi connectivity index (χ1v) is 6.80. The first-order chi connectivity index (χ1) is 8.61. The first-order valence-electron chi connectivity index (χ1n) is 6.80. The summed E-state index contributed by atoms with van der Waals surface area (Å²) in [6.45, 7) is 7.63. The first kappa shape index (κ1) is 13.1. The second-order valence-electron chi connectivity index (χ2n) is 5.15. The minimum atomic E-state index is 0.666. The fourth-order valence-corrected chi connectivity index (χ4v) is 2.70. The Morgan fingerprint density at radius 3 is 2.94 bits per heavy atom. The van der Waals surface area contributed by atoms with Crippen molar-refractivity contribution < 1.29 is 0 Å². The van der Waals surface area contributed by atoms with Crippen LogP contribution in [0.2, 0.25) is 0 Å². The predicted molar refractivity (Wildman–Crippen MR) is 76.9 cm³/mol. The van der Waals surface area contributed by atoms with Crippen molar-refractivity contribution in [2.75, 3.05) is 37.3 Å². The molecule has 0 spiro atoms. The highest BCUT2D eigenvalue weighted by atomic mass is 15.2. The average Bonchev–Trinajstić information content (AvgIpc) is 2.79. The van der Waals surface area contributed by atoms with E-state index in [1.807, 2.05) is 19.1 Å². The number of hydrogen-bond acceptors (Lipinski definition) is 4. The highest BCUT2D eigenvalue weighted by Gasteiger charge is 2.24. The summed E-state index contributed by atoms with van der Waals surface area (Å²) < 4.78 is 0. The zero-order valence-corrected chi connectivity index (χ0v) is 11.7. The smallest absolute Gasteiger partial charge is 0.128 e. The molecule has 1 saturated heterocycles. The van der Waals surface area contributed by atoms with Gasteiger partial charge in [0, 0.05) is 19.6 Å². The minimum absolute atomic E-state index is 0.666. The average molecular weight is 248 g/mol. The fraction of sp³-hybridized carbons (Fsp3) is 0.643. The Balaban J connectivity index is 2.02. The molecule has 0 radical (unpaired) electrons. The molecule has 2 N–H and O–H groups in total. The molecule has 1 aliphatic heterocycles.